The molecule has 0 rings (SSSR count). The first kappa shape index (κ1) is 18.3. The van der Waals surface area contributed by atoms with Crippen molar-refractivity contribution in [3.8, 4) is 0 Å². The number of likely N-dealkylation sites (N-methyl/N-ethyl adjacent to an activating group) is 1. The number of amides is 1. The largest absolute Gasteiger partial charge is 0.367 e. The fourth-order valence-electron chi connectivity index (χ4n) is 1.34. The summed E-state index contributed by atoms with van der Waals surface area (Å²) in [6.07, 6.45) is 1.11. The summed E-state index contributed by atoms with van der Waals surface area (Å²) in [6, 6.07) is 0. The Bertz CT molecular complexity index is 247. The maximum absolute atomic E-state index is 11.6. The maximum Gasteiger partial charge on any atom is 0.220 e. The van der Waals surface area contributed by atoms with Crippen LogP contribution in [0.1, 0.15) is 33.6 Å². The predicted octanol–water partition coefficient (Wildman–Crippen LogP) is 0.437. The zero-order valence-electron chi connectivity index (χ0n) is 12.8. The minimum atomic E-state index is -0.333. The smallest absolute Gasteiger partial charge is 0.220 e. The second-order valence-electron chi connectivity index (χ2n) is 5.08. The van der Waals surface area contributed by atoms with Crippen LogP contribution in [0.3, 0.4) is 0 Å². The van der Waals surface area contributed by atoms with Crippen LogP contribution in [0.4, 0.5) is 0 Å². The number of nitrogens with one attached hydrogen (secondary N) is 3. The summed E-state index contributed by atoms with van der Waals surface area (Å²) in [5, 5.41) is 8.89. The third-order valence-electron chi connectivity index (χ3n) is 2.84. The Hall–Kier alpha value is -0.690. The molecule has 3 N–H and O–H groups in total. The summed E-state index contributed by atoms with van der Waals surface area (Å²) in [7, 11) is 3.50. The molecule has 0 bridgehead atoms. The first-order chi connectivity index (χ1) is 8.91. The molecule has 6 heteroatoms. The highest BCUT2D eigenvalue weighted by molar-refractivity contribution is 5.75. The van der Waals surface area contributed by atoms with Gasteiger partial charge >= 0.3 is 0 Å². The second kappa shape index (κ2) is 10.1. The van der Waals surface area contributed by atoms with E-state index in [-0.39, 0.29) is 17.7 Å². The van der Waals surface area contributed by atoms with Crippen molar-refractivity contribution in [1.82, 2.24) is 16.0 Å². The van der Waals surface area contributed by atoms with Crippen molar-refractivity contribution < 1.29 is 14.3 Å². The number of hydrogen-bond acceptors (Lipinski definition) is 5. The van der Waals surface area contributed by atoms with Crippen LogP contribution in [0.5, 0.6) is 0 Å². The molecule has 0 aliphatic heterocycles. The lowest BCUT2D eigenvalue weighted by molar-refractivity contribution is -0.123. The van der Waals surface area contributed by atoms with Crippen LogP contribution < -0.4 is 16.0 Å². The molecule has 0 fully saturated rings. The Morgan fingerprint density at radius 3 is 2.58 bits per heavy atom. The first-order valence-electron chi connectivity index (χ1n) is 6.72. The van der Waals surface area contributed by atoms with Gasteiger partial charge in [-0.05, 0) is 34.2 Å². The monoisotopic (exact) mass is 275 g/mol. The lowest BCUT2D eigenvalue weighted by Gasteiger charge is -2.26. The van der Waals surface area contributed by atoms with Crippen LogP contribution in [0, 0.1) is 0 Å². The standard InChI is InChI=1S/C13H29N3O3/c1-11(18-5)16-10-19-13(2,3)7-6-12(17)15-9-8-14-4/h11,14,16H,6-10H2,1-5H3,(H,15,17). The van der Waals surface area contributed by atoms with Crippen LogP contribution in [0.2, 0.25) is 0 Å². The van der Waals surface area contributed by atoms with Crippen molar-refractivity contribution in [3.05, 3.63) is 0 Å². The number of carbonyl (C=O) groups is 1. The van der Waals surface area contributed by atoms with Gasteiger partial charge in [0.15, 0.2) is 0 Å². The first-order valence-corrected chi connectivity index (χ1v) is 6.72. The van der Waals surface area contributed by atoms with E-state index in [1.807, 2.05) is 27.8 Å². The number of rotatable bonds is 11. The van der Waals surface area contributed by atoms with E-state index in [0.717, 1.165) is 6.54 Å². The molecule has 1 atom stereocenters. The lowest BCUT2D eigenvalue weighted by atomic mass is 10.0. The predicted molar refractivity (Wildman–Crippen MR) is 75.8 cm³/mol. The van der Waals surface area contributed by atoms with Gasteiger partial charge in [-0.15, -0.1) is 0 Å². The highest BCUT2D eigenvalue weighted by Gasteiger charge is 2.19. The number of carbonyl (C=O) groups excluding carboxylic acids is 1. The topological polar surface area (TPSA) is 71.6 Å². The van der Waals surface area contributed by atoms with E-state index in [1.54, 1.807) is 7.11 Å². The Kier molecular flexibility index (Phi) is 9.77. The average Bonchev–Trinajstić information content (AvgIpc) is 2.36. The van der Waals surface area contributed by atoms with E-state index in [1.165, 1.54) is 0 Å². The van der Waals surface area contributed by atoms with Gasteiger partial charge in [0.1, 0.15) is 6.23 Å². The number of methoxy groups -OCH3 is 1. The fourth-order valence-corrected chi connectivity index (χ4v) is 1.34. The highest BCUT2D eigenvalue weighted by Crippen LogP contribution is 2.16. The molecule has 0 saturated heterocycles. The summed E-state index contributed by atoms with van der Waals surface area (Å²) in [5.41, 5.74) is -0.333. The molecule has 19 heavy (non-hydrogen) atoms. The molecule has 0 heterocycles. The minimum Gasteiger partial charge on any atom is -0.367 e. The van der Waals surface area contributed by atoms with Crippen LogP contribution in [0.25, 0.3) is 0 Å². The quantitative estimate of drug-likeness (QED) is 0.377. The van der Waals surface area contributed by atoms with Crippen molar-refractivity contribution in [2.45, 2.75) is 45.4 Å². The molecule has 0 radical (unpaired) electrons. The Morgan fingerprint density at radius 1 is 1.32 bits per heavy atom. The van der Waals surface area contributed by atoms with Gasteiger partial charge in [-0.3, -0.25) is 10.1 Å². The Balaban J connectivity index is 3.73. The highest BCUT2D eigenvalue weighted by atomic mass is 16.5. The third-order valence-corrected chi connectivity index (χ3v) is 2.84. The van der Waals surface area contributed by atoms with Gasteiger partial charge in [-0.1, -0.05) is 0 Å². The summed E-state index contributed by atoms with van der Waals surface area (Å²) >= 11 is 0. The second-order valence-corrected chi connectivity index (χ2v) is 5.08. The van der Waals surface area contributed by atoms with Crippen LogP contribution >= 0.6 is 0 Å². The van der Waals surface area contributed by atoms with Crippen molar-refractivity contribution in [2.75, 3.05) is 34.0 Å². The molecule has 0 aliphatic carbocycles. The van der Waals surface area contributed by atoms with E-state index in [2.05, 4.69) is 16.0 Å². The van der Waals surface area contributed by atoms with Crippen molar-refractivity contribution in [2.24, 2.45) is 0 Å². The summed E-state index contributed by atoms with van der Waals surface area (Å²) < 4.78 is 10.8. The minimum absolute atomic E-state index is 0.0411. The van der Waals surface area contributed by atoms with E-state index in [4.69, 9.17) is 9.47 Å². The summed E-state index contributed by atoms with van der Waals surface area (Å²) in [6.45, 7) is 7.71. The molecule has 0 aliphatic rings. The van der Waals surface area contributed by atoms with Crippen LogP contribution in [-0.4, -0.2) is 51.7 Å². The van der Waals surface area contributed by atoms with Gasteiger partial charge in [-0.25, -0.2) is 0 Å². The summed E-state index contributed by atoms with van der Waals surface area (Å²) in [4.78, 5) is 11.6. The zero-order valence-corrected chi connectivity index (χ0v) is 12.8. The number of hydrogen-bond donors (Lipinski definition) is 3. The Labute approximate surface area is 116 Å². The molecule has 0 saturated carbocycles. The van der Waals surface area contributed by atoms with E-state index in [0.29, 0.717) is 26.1 Å². The summed E-state index contributed by atoms with van der Waals surface area (Å²) in [5.74, 6) is 0.0603. The molecule has 6 nitrogen and oxygen atoms in total. The van der Waals surface area contributed by atoms with E-state index in [9.17, 15) is 4.79 Å². The molecule has 0 aromatic heterocycles. The van der Waals surface area contributed by atoms with Gasteiger partial charge in [-0.2, -0.15) is 0 Å². The van der Waals surface area contributed by atoms with Gasteiger partial charge in [0.25, 0.3) is 0 Å². The van der Waals surface area contributed by atoms with Crippen molar-refractivity contribution in [3.63, 3.8) is 0 Å². The van der Waals surface area contributed by atoms with Crippen LogP contribution in [-0.2, 0) is 14.3 Å². The molecular formula is C13H29N3O3. The van der Waals surface area contributed by atoms with Crippen molar-refractivity contribution in [1.29, 1.82) is 0 Å². The lowest BCUT2D eigenvalue weighted by Crippen LogP contribution is -2.37. The SMILES string of the molecule is CNCCNC(=O)CCC(C)(C)OCNC(C)OC. The van der Waals surface area contributed by atoms with Gasteiger partial charge in [0.2, 0.25) is 5.91 Å². The van der Waals surface area contributed by atoms with E-state index < -0.39 is 0 Å². The molecule has 114 valence electrons. The molecule has 1 amide bonds. The third kappa shape index (κ3) is 10.9. The van der Waals surface area contributed by atoms with Gasteiger partial charge in [0.05, 0.1) is 12.3 Å². The van der Waals surface area contributed by atoms with Crippen molar-refractivity contribution >= 4 is 5.91 Å². The Morgan fingerprint density at radius 2 is 2.00 bits per heavy atom. The molecular weight excluding hydrogens is 246 g/mol. The van der Waals surface area contributed by atoms with Gasteiger partial charge in [0, 0.05) is 26.6 Å². The average molecular weight is 275 g/mol. The fraction of sp³-hybridized carbons (Fsp3) is 0.923. The normalized spacial score (nSPS) is 13.3. The number of ether oxygens (including phenoxy) is 2. The van der Waals surface area contributed by atoms with Crippen LogP contribution in [0.15, 0.2) is 0 Å². The molecule has 0 aromatic rings. The maximum atomic E-state index is 11.6. The van der Waals surface area contributed by atoms with Gasteiger partial charge < -0.3 is 20.1 Å². The molecule has 0 aromatic carbocycles. The van der Waals surface area contributed by atoms with E-state index >= 15 is 0 Å². The molecule has 0 spiro atoms. The zero-order chi connectivity index (χ0) is 14.7. The molecule has 1 unspecified atom stereocenters.